The Hall–Kier alpha value is -2.47. The summed E-state index contributed by atoms with van der Waals surface area (Å²) in [7, 11) is 0. The third kappa shape index (κ3) is 5.26. The van der Waals surface area contributed by atoms with Crippen molar-refractivity contribution < 1.29 is 4.79 Å². The van der Waals surface area contributed by atoms with Gasteiger partial charge in [-0.3, -0.25) is 4.79 Å². The van der Waals surface area contributed by atoms with Crippen molar-refractivity contribution in [2.45, 2.75) is 26.0 Å². The summed E-state index contributed by atoms with van der Waals surface area (Å²) < 4.78 is 4.01. The monoisotopic (exact) mass is 382 g/mol. The molecule has 2 heterocycles. The average Bonchev–Trinajstić information content (AvgIpc) is 3.31. The highest BCUT2D eigenvalue weighted by Gasteiger charge is 2.14. The molecule has 0 bridgehead atoms. The minimum atomic E-state index is 0.0959. The molecule has 5 nitrogen and oxygen atoms in total. The molecule has 3 aromatic rings. The van der Waals surface area contributed by atoms with Crippen LogP contribution in [-0.2, 0) is 10.5 Å². The van der Waals surface area contributed by atoms with Crippen LogP contribution in [0.2, 0.25) is 0 Å². The van der Waals surface area contributed by atoms with E-state index in [0.717, 1.165) is 35.8 Å². The Bertz CT molecular complexity index is 840. The van der Waals surface area contributed by atoms with Crippen LogP contribution in [0.4, 0.5) is 0 Å². The molecule has 1 aromatic carbocycles. The van der Waals surface area contributed by atoms with Crippen molar-refractivity contribution in [1.82, 2.24) is 19.7 Å². The fourth-order valence-electron chi connectivity index (χ4n) is 2.79. The molecule has 0 aliphatic carbocycles. The van der Waals surface area contributed by atoms with Crippen LogP contribution in [0.15, 0.2) is 61.1 Å². The first-order valence-corrected chi connectivity index (χ1v) is 10.4. The Morgan fingerprint density at radius 2 is 1.89 bits per heavy atom. The lowest BCUT2D eigenvalue weighted by molar-refractivity contribution is -0.118. The van der Waals surface area contributed by atoms with E-state index in [-0.39, 0.29) is 5.91 Å². The number of thioether (sulfide) groups is 1. The van der Waals surface area contributed by atoms with Crippen molar-refractivity contribution in [3.8, 4) is 11.5 Å². The molecule has 0 radical (unpaired) electrons. The van der Waals surface area contributed by atoms with Crippen molar-refractivity contribution >= 4 is 17.7 Å². The standard InChI is InChI=1S/C21H26N4OS/c1-17(2)10-11-22-20(26)16-27-15-18-14-23-25(19-8-4-3-5-9-19)21(18)24-12-6-7-13-24/h3-9,12-14,17H,10-11,15-16H2,1-2H3,(H,22,26). The molecule has 0 aliphatic heterocycles. The van der Waals surface area contributed by atoms with Crippen LogP contribution in [0, 0.1) is 5.92 Å². The third-order valence-corrected chi connectivity index (χ3v) is 5.18. The van der Waals surface area contributed by atoms with E-state index in [9.17, 15) is 4.79 Å². The number of rotatable bonds is 9. The van der Waals surface area contributed by atoms with Gasteiger partial charge in [0.2, 0.25) is 5.91 Å². The quantitative estimate of drug-likeness (QED) is 0.607. The van der Waals surface area contributed by atoms with E-state index < -0.39 is 0 Å². The first-order chi connectivity index (χ1) is 13.1. The van der Waals surface area contributed by atoms with Gasteiger partial charge in [-0.15, -0.1) is 11.8 Å². The van der Waals surface area contributed by atoms with Crippen LogP contribution in [-0.4, -0.2) is 32.6 Å². The van der Waals surface area contributed by atoms with E-state index in [4.69, 9.17) is 0 Å². The Morgan fingerprint density at radius 1 is 1.15 bits per heavy atom. The van der Waals surface area contributed by atoms with Gasteiger partial charge in [-0.2, -0.15) is 5.10 Å². The maximum Gasteiger partial charge on any atom is 0.230 e. The summed E-state index contributed by atoms with van der Waals surface area (Å²) in [6.45, 7) is 5.07. The van der Waals surface area contributed by atoms with Crippen LogP contribution in [0.25, 0.3) is 11.5 Å². The number of hydrogen-bond donors (Lipinski definition) is 1. The molecule has 6 heteroatoms. The molecule has 142 valence electrons. The van der Waals surface area contributed by atoms with Gasteiger partial charge in [0.1, 0.15) is 5.82 Å². The number of nitrogens with one attached hydrogen (secondary N) is 1. The summed E-state index contributed by atoms with van der Waals surface area (Å²) in [4.78, 5) is 12.0. The molecular formula is C21H26N4OS. The van der Waals surface area contributed by atoms with Gasteiger partial charge in [-0.05, 0) is 36.6 Å². The smallest absolute Gasteiger partial charge is 0.230 e. The van der Waals surface area contributed by atoms with Gasteiger partial charge in [-0.1, -0.05) is 32.0 Å². The number of carbonyl (C=O) groups excluding carboxylic acids is 1. The van der Waals surface area contributed by atoms with E-state index >= 15 is 0 Å². The zero-order valence-electron chi connectivity index (χ0n) is 15.8. The number of aromatic nitrogens is 3. The normalized spacial score (nSPS) is 11.1. The van der Waals surface area contributed by atoms with Gasteiger partial charge in [0, 0.05) is 30.3 Å². The molecule has 0 atom stereocenters. The predicted octanol–water partition coefficient (Wildman–Crippen LogP) is 4.06. The summed E-state index contributed by atoms with van der Waals surface area (Å²) in [5.41, 5.74) is 2.12. The van der Waals surface area contributed by atoms with E-state index in [0.29, 0.717) is 11.7 Å². The molecule has 0 saturated carbocycles. The molecule has 2 aromatic heterocycles. The maximum absolute atomic E-state index is 12.0. The lowest BCUT2D eigenvalue weighted by Gasteiger charge is -2.11. The van der Waals surface area contributed by atoms with Crippen molar-refractivity contribution in [2.24, 2.45) is 5.92 Å². The van der Waals surface area contributed by atoms with E-state index in [1.54, 1.807) is 11.8 Å². The Kier molecular flexibility index (Phi) is 6.76. The highest BCUT2D eigenvalue weighted by molar-refractivity contribution is 7.99. The van der Waals surface area contributed by atoms with Gasteiger partial charge in [0.05, 0.1) is 17.6 Å². The van der Waals surface area contributed by atoms with Crippen molar-refractivity contribution in [1.29, 1.82) is 0 Å². The summed E-state index contributed by atoms with van der Waals surface area (Å²) in [6, 6.07) is 14.1. The number of hydrogen-bond acceptors (Lipinski definition) is 3. The predicted molar refractivity (Wildman–Crippen MR) is 112 cm³/mol. The number of nitrogens with zero attached hydrogens (tertiary/aromatic N) is 3. The molecule has 3 rings (SSSR count). The SMILES string of the molecule is CC(C)CCNC(=O)CSCc1cnn(-c2ccccc2)c1-n1cccc1. The molecule has 0 fully saturated rings. The number of para-hydroxylation sites is 1. The zero-order chi connectivity index (χ0) is 19.1. The van der Waals surface area contributed by atoms with Crippen LogP contribution in [0.1, 0.15) is 25.8 Å². The van der Waals surface area contributed by atoms with Gasteiger partial charge in [0.15, 0.2) is 0 Å². The minimum Gasteiger partial charge on any atom is -0.355 e. The fourth-order valence-corrected chi connectivity index (χ4v) is 3.60. The zero-order valence-corrected chi connectivity index (χ0v) is 16.7. The molecule has 27 heavy (non-hydrogen) atoms. The number of benzene rings is 1. The minimum absolute atomic E-state index is 0.0959. The van der Waals surface area contributed by atoms with Gasteiger partial charge in [0.25, 0.3) is 0 Å². The molecule has 0 spiro atoms. The Balaban J connectivity index is 1.67. The second-order valence-electron chi connectivity index (χ2n) is 6.86. The van der Waals surface area contributed by atoms with Gasteiger partial charge >= 0.3 is 0 Å². The van der Waals surface area contributed by atoms with Crippen LogP contribution in [0.5, 0.6) is 0 Å². The van der Waals surface area contributed by atoms with Gasteiger partial charge < -0.3 is 9.88 Å². The lowest BCUT2D eigenvalue weighted by Crippen LogP contribution is -2.26. The second kappa shape index (κ2) is 9.46. The Morgan fingerprint density at radius 3 is 2.59 bits per heavy atom. The highest BCUT2D eigenvalue weighted by atomic mass is 32.2. The van der Waals surface area contributed by atoms with E-state index in [1.807, 2.05) is 65.7 Å². The molecule has 0 saturated heterocycles. The van der Waals surface area contributed by atoms with Crippen molar-refractivity contribution in [3.63, 3.8) is 0 Å². The maximum atomic E-state index is 12.0. The number of carbonyl (C=O) groups is 1. The summed E-state index contributed by atoms with van der Waals surface area (Å²) in [5, 5.41) is 7.58. The molecule has 1 amide bonds. The third-order valence-electron chi connectivity index (χ3n) is 4.20. The van der Waals surface area contributed by atoms with Crippen molar-refractivity contribution in [2.75, 3.05) is 12.3 Å². The molecule has 0 aliphatic rings. The van der Waals surface area contributed by atoms with Gasteiger partial charge in [-0.25, -0.2) is 4.68 Å². The fraction of sp³-hybridized carbons (Fsp3) is 0.333. The second-order valence-corrected chi connectivity index (χ2v) is 7.84. The number of amides is 1. The van der Waals surface area contributed by atoms with E-state index in [2.05, 4.69) is 28.8 Å². The van der Waals surface area contributed by atoms with E-state index in [1.165, 1.54) is 0 Å². The summed E-state index contributed by atoms with van der Waals surface area (Å²) in [5.74, 6) is 2.90. The molecular weight excluding hydrogens is 356 g/mol. The first-order valence-electron chi connectivity index (χ1n) is 9.25. The lowest BCUT2D eigenvalue weighted by atomic mass is 10.1. The first kappa shape index (κ1) is 19.3. The Labute approximate surface area is 164 Å². The summed E-state index contributed by atoms with van der Waals surface area (Å²) >= 11 is 1.61. The van der Waals surface area contributed by atoms with Crippen LogP contribution >= 0.6 is 11.8 Å². The largest absolute Gasteiger partial charge is 0.355 e. The molecule has 0 unspecified atom stereocenters. The highest BCUT2D eigenvalue weighted by Crippen LogP contribution is 2.23. The van der Waals surface area contributed by atoms with Crippen LogP contribution in [0.3, 0.4) is 0 Å². The topological polar surface area (TPSA) is 51.9 Å². The molecule has 1 N–H and O–H groups in total. The summed E-state index contributed by atoms with van der Waals surface area (Å²) in [6.07, 6.45) is 6.94. The van der Waals surface area contributed by atoms with Crippen LogP contribution < -0.4 is 5.32 Å². The van der Waals surface area contributed by atoms with Crippen molar-refractivity contribution in [3.05, 3.63) is 66.6 Å². The average molecular weight is 383 g/mol.